The first-order valence-electron chi connectivity index (χ1n) is 19.6. The first-order chi connectivity index (χ1) is 28.0. The summed E-state index contributed by atoms with van der Waals surface area (Å²) in [5, 5.41) is 17.7. The van der Waals surface area contributed by atoms with E-state index in [4.69, 9.17) is 17.0 Å². The van der Waals surface area contributed by atoms with Crippen LogP contribution in [0.4, 0.5) is 35.9 Å². The molecule has 0 bridgehead atoms. The first-order valence-corrected chi connectivity index (χ1v) is 20.0. The summed E-state index contributed by atoms with van der Waals surface area (Å²) in [6, 6.07) is 16.9. The highest BCUT2D eigenvalue weighted by Gasteiger charge is 2.51. The van der Waals surface area contributed by atoms with Gasteiger partial charge in [-0.15, -0.1) is 0 Å². The first kappa shape index (κ1) is 43.0. The third kappa shape index (κ3) is 9.51. The van der Waals surface area contributed by atoms with Crippen molar-refractivity contribution in [2.24, 2.45) is 0 Å². The second-order valence-corrected chi connectivity index (χ2v) is 15.6. The number of benzene rings is 3. The van der Waals surface area contributed by atoms with Crippen LogP contribution in [0.2, 0.25) is 0 Å². The van der Waals surface area contributed by atoms with Gasteiger partial charge in [-0.25, -0.2) is 0 Å². The van der Waals surface area contributed by atoms with E-state index in [1.165, 1.54) is 6.07 Å². The Morgan fingerprint density at radius 3 is 2.47 bits per heavy atom. The zero-order valence-corrected chi connectivity index (χ0v) is 34.1. The molecule has 0 aromatic heterocycles. The number of thiocarbonyl (C=S) groups is 1. The molecular weight excluding hydrogens is 786 g/mol. The number of anilines is 4. The number of imide groups is 1. The molecule has 2 atom stereocenters. The number of amides is 4. The number of nitrogens with one attached hydrogen (secondary N) is 3. The molecule has 3 heterocycles. The van der Waals surface area contributed by atoms with Crippen molar-refractivity contribution in [1.29, 1.82) is 5.26 Å². The van der Waals surface area contributed by atoms with E-state index in [-0.39, 0.29) is 47.5 Å². The van der Waals surface area contributed by atoms with Gasteiger partial charge < -0.3 is 20.3 Å². The predicted molar refractivity (Wildman–Crippen MR) is 221 cm³/mol. The van der Waals surface area contributed by atoms with E-state index < -0.39 is 34.8 Å². The smallest absolute Gasteiger partial charge is 0.417 e. The zero-order chi connectivity index (χ0) is 42.6. The van der Waals surface area contributed by atoms with Crippen molar-refractivity contribution < 1.29 is 37.1 Å². The predicted octanol–water partition coefficient (Wildman–Crippen LogP) is 5.69. The molecule has 0 radical (unpaired) electrons. The van der Waals surface area contributed by atoms with Gasteiger partial charge in [-0.05, 0) is 105 Å². The summed E-state index contributed by atoms with van der Waals surface area (Å²) in [6.45, 7) is 10.9. The maximum absolute atomic E-state index is 13.8. The highest BCUT2D eigenvalue weighted by molar-refractivity contribution is 7.81. The summed E-state index contributed by atoms with van der Waals surface area (Å²) < 4.78 is 47.6. The van der Waals surface area contributed by atoms with Crippen molar-refractivity contribution in [2.75, 3.05) is 59.8 Å². The minimum Gasteiger partial charge on any atom is -0.492 e. The van der Waals surface area contributed by atoms with E-state index in [2.05, 4.69) is 32.7 Å². The van der Waals surface area contributed by atoms with Crippen LogP contribution in [0.1, 0.15) is 63.6 Å². The number of carbonyl (C=O) groups is 4. The summed E-state index contributed by atoms with van der Waals surface area (Å²) in [5.41, 5.74) is -0.265. The Labute approximate surface area is 346 Å². The average Bonchev–Trinajstić information content (AvgIpc) is 3.37. The van der Waals surface area contributed by atoms with Crippen LogP contribution in [0, 0.1) is 11.3 Å². The number of piperidine rings is 1. The van der Waals surface area contributed by atoms with Gasteiger partial charge in [-0.1, -0.05) is 19.9 Å². The van der Waals surface area contributed by atoms with E-state index in [1.54, 1.807) is 55.1 Å². The molecule has 4 amide bonds. The lowest BCUT2D eigenvalue weighted by Crippen LogP contribution is -2.55. The van der Waals surface area contributed by atoms with E-state index >= 15 is 0 Å². The number of alkyl halides is 3. The van der Waals surface area contributed by atoms with Crippen LogP contribution in [-0.2, 0) is 31.8 Å². The second-order valence-electron chi connectivity index (χ2n) is 15.3. The monoisotopic (exact) mass is 832 g/mol. The Hall–Kier alpha value is -5.57. The molecular formula is C42H47F3N8O5S. The standard InChI is InChI=1S/C42H47F3N8O5S/c1-5-26-20-32(53-40(59)52(39(57)41(53,3)4)31-11-10-27(23-46)33(22-31)42(43,44)45)12-14-35(26)58-19-18-50-16-17-51(30(6-2)24-50)25-37(55)48-29-9-7-8-28(21-29)47-34-13-15-36(54)49-38(34)56/h7-12,14,20-22,30,34,47H,5-6,13,15-19,24-25H2,1-4H3,(H,48,55)(H,49,54,56)/t30-,34?/m1/s1. The minimum atomic E-state index is -4.80. The minimum absolute atomic E-state index is 0.0178. The van der Waals surface area contributed by atoms with Crippen molar-refractivity contribution in [3.63, 3.8) is 0 Å². The molecule has 6 rings (SSSR count). The van der Waals surface area contributed by atoms with Crippen LogP contribution in [0.15, 0.2) is 60.7 Å². The number of aryl methyl sites for hydroxylation is 1. The third-order valence-electron chi connectivity index (χ3n) is 10.9. The fraction of sp³-hybridized carbons (Fsp3) is 0.429. The fourth-order valence-electron chi connectivity index (χ4n) is 7.73. The largest absolute Gasteiger partial charge is 0.492 e. The van der Waals surface area contributed by atoms with Gasteiger partial charge in [0.25, 0.3) is 5.91 Å². The van der Waals surface area contributed by atoms with Crippen molar-refractivity contribution in [2.45, 2.75) is 77.2 Å². The van der Waals surface area contributed by atoms with Crippen molar-refractivity contribution in [1.82, 2.24) is 15.1 Å². The van der Waals surface area contributed by atoms with Crippen LogP contribution in [0.3, 0.4) is 0 Å². The molecule has 3 N–H and O–H groups in total. The lowest BCUT2D eigenvalue weighted by atomic mass is 10.0. The molecule has 3 aliphatic heterocycles. The van der Waals surface area contributed by atoms with Crippen LogP contribution >= 0.6 is 12.2 Å². The maximum Gasteiger partial charge on any atom is 0.417 e. The van der Waals surface area contributed by atoms with Gasteiger partial charge >= 0.3 is 6.18 Å². The zero-order valence-electron chi connectivity index (χ0n) is 33.3. The van der Waals surface area contributed by atoms with Gasteiger partial charge in [0.2, 0.25) is 17.7 Å². The van der Waals surface area contributed by atoms with Gasteiger partial charge in [0.05, 0.1) is 29.4 Å². The number of nitriles is 1. The number of halogens is 3. The van der Waals surface area contributed by atoms with Crippen molar-refractivity contribution in [3.05, 3.63) is 77.4 Å². The average molecular weight is 833 g/mol. The number of ether oxygens (including phenoxy) is 1. The molecule has 59 heavy (non-hydrogen) atoms. The molecule has 1 unspecified atom stereocenters. The van der Waals surface area contributed by atoms with Gasteiger partial charge in [-0.2, -0.15) is 18.4 Å². The fourth-order valence-corrected chi connectivity index (χ4v) is 8.25. The summed E-state index contributed by atoms with van der Waals surface area (Å²) in [6.07, 6.45) is -2.69. The topological polar surface area (TPSA) is 150 Å². The van der Waals surface area contributed by atoms with Crippen LogP contribution in [-0.4, -0.2) is 95.5 Å². The van der Waals surface area contributed by atoms with Crippen LogP contribution in [0.25, 0.3) is 0 Å². The van der Waals surface area contributed by atoms with Crippen molar-refractivity contribution in [3.8, 4) is 11.8 Å². The van der Waals surface area contributed by atoms with Crippen LogP contribution in [0.5, 0.6) is 5.75 Å². The number of hydrogen-bond acceptors (Lipinski definition) is 10. The third-order valence-corrected chi connectivity index (χ3v) is 11.3. The summed E-state index contributed by atoms with van der Waals surface area (Å²) >= 11 is 5.72. The van der Waals surface area contributed by atoms with E-state index in [9.17, 15) is 37.6 Å². The van der Waals surface area contributed by atoms with E-state index in [0.717, 1.165) is 42.1 Å². The Morgan fingerprint density at radius 1 is 1.03 bits per heavy atom. The molecule has 3 aromatic rings. The summed E-state index contributed by atoms with van der Waals surface area (Å²) in [7, 11) is 0. The van der Waals surface area contributed by atoms with Crippen LogP contribution < -0.4 is 30.5 Å². The maximum atomic E-state index is 13.8. The van der Waals surface area contributed by atoms with Gasteiger partial charge in [-0.3, -0.25) is 39.2 Å². The lowest BCUT2D eigenvalue weighted by molar-refractivity contribution is -0.138. The number of piperazine rings is 1. The molecule has 0 spiro atoms. The molecule has 3 aromatic carbocycles. The van der Waals surface area contributed by atoms with Gasteiger partial charge in [0.1, 0.15) is 23.9 Å². The van der Waals surface area contributed by atoms with E-state index in [1.807, 2.05) is 19.1 Å². The number of carbonyl (C=O) groups excluding carboxylic acids is 4. The van der Waals surface area contributed by atoms with Crippen molar-refractivity contribution >= 4 is 63.7 Å². The molecule has 13 nitrogen and oxygen atoms in total. The van der Waals surface area contributed by atoms with Gasteiger partial charge in [0.15, 0.2) is 5.11 Å². The molecule has 3 aliphatic rings. The Morgan fingerprint density at radius 2 is 1.78 bits per heavy atom. The van der Waals surface area contributed by atoms with E-state index in [0.29, 0.717) is 55.3 Å². The number of rotatable bonds is 13. The molecule has 0 aliphatic carbocycles. The summed E-state index contributed by atoms with van der Waals surface area (Å²) in [4.78, 5) is 57.7. The molecule has 17 heteroatoms. The Balaban J connectivity index is 1.03. The molecule has 312 valence electrons. The Kier molecular flexibility index (Phi) is 12.9. The molecule has 3 fully saturated rings. The van der Waals surface area contributed by atoms with Gasteiger partial charge in [0, 0.05) is 55.7 Å². The number of hydrogen-bond donors (Lipinski definition) is 3. The Bertz CT molecular complexity index is 2180. The summed E-state index contributed by atoms with van der Waals surface area (Å²) in [5.74, 6) is -0.629. The normalized spacial score (nSPS) is 20.0. The second kappa shape index (κ2) is 17.7. The lowest BCUT2D eigenvalue weighted by Gasteiger charge is -2.40. The molecule has 3 saturated heterocycles. The SMILES string of the molecule is CCc1cc(N2C(=S)N(c3ccc(C#N)c(C(F)(F)F)c3)C(=O)C2(C)C)ccc1OCCN1CCN(CC(=O)Nc2cccc(NC3CCC(=O)NC3=O)c2)[C@H](CC)C1. The number of nitrogens with zero attached hydrogens (tertiary/aromatic N) is 5. The molecule has 0 saturated carbocycles. The highest BCUT2D eigenvalue weighted by atomic mass is 32.1. The highest BCUT2D eigenvalue weighted by Crippen LogP contribution is 2.40. The quantitative estimate of drug-likeness (QED) is 0.144.